The summed E-state index contributed by atoms with van der Waals surface area (Å²) in [7, 11) is 0. The van der Waals surface area contributed by atoms with Crippen molar-refractivity contribution in [2.75, 3.05) is 13.1 Å². The number of likely N-dealkylation sites (tertiary alicyclic amines) is 1. The van der Waals surface area contributed by atoms with Gasteiger partial charge in [-0.2, -0.15) is 0 Å². The lowest BCUT2D eigenvalue weighted by molar-refractivity contribution is -0.134. The Morgan fingerprint density at radius 2 is 1.79 bits per heavy atom. The van der Waals surface area contributed by atoms with Gasteiger partial charge in [-0.25, -0.2) is 0 Å². The molecule has 1 atom stereocenters. The molecule has 1 aromatic heterocycles. The van der Waals surface area contributed by atoms with Crippen LogP contribution >= 0.6 is 0 Å². The number of carbonyl (C=O) groups excluding carboxylic acids is 2. The molecule has 0 saturated carbocycles. The minimum Gasteiger partial charge on any atom is -0.338 e. The Kier molecular flexibility index (Phi) is 5.37. The van der Waals surface area contributed by atoms with E-state index in [4.69, 9.17) is 0 Å². The first kappa shape index (κ1) is 19.6. The summed E-state index contributed by atoms with van der Waals surface area (Å²) >= 11 is 0. The molecular formula is C23H28N4O2. The summed E-state index contributed by atoms with van der Waals surface area (Å²) in [5.41, 5.74) is 1.39. The molecule has 6 heteroatoms. The predicted molar refractivity (Wildman–Crippen MR) is 111 cm³/mol. The monoisotopic (exact) mass is 392 g/mol. The highest BCUT2D eigenvalue weighted by Crippen LogP contribution is 2.35. The zero-order valence-corrected chi connectivity index (χ0v) is 17.0. The minimum absolute atomic E-state index is 0.0293. The Balaban J connectivity index is 1.53. The van der Waals surface area contributed by atoms with Gasteiger partial charge in [-0.05, 0) is 23.6 Å². The molecule has 2 fully saturated rings. The molecule has 0 bridgehead atoms. The molecule has 3 heterocycles. The third kappa shape index (κ3) is 3.77. The molecule has 4 rings (SSSR count). The molecule has 2 aromatic rings. The van der Waals surface area contributed by atoms with Crippen LogP contribution in [0.15, 0.2) is 54.9 Å². The molecule has 29 heavy (non-hydrogen) atoms. The molecule has 1 spiro atoms. The maximum Gasteiger partial charge on any atom is 0.253 e. The standard InChI is InChI=1S/C23H28N4O2/c1-17(2)20-22(29)27(16-18-6-4-3-5-7-18)23(25-20)10-14-26(15-11-23)21(28)19-8-12-24-13-9-19/h3-9,12-13,17,20,25H,10-11,14-16H2,1-2H3. The summed E-state index contributed by atoms with van der Waals surface area (Å²) < 4.78 is 0. The van der Waals surface area contributed by atoms with E-state index < -0.39 is 5.66 Å². The number of piperidine rings is 1. The van der Waals surface area contributed by atoms with Crippen molar-refractivity contribution in [3.8, 4) is 0 Å². The number of aromatic nitrogens is 1. The summed E-state index contributed by atoms with van der Waals surface area (Å²) in [4.78, 5) is 33.9. The van der Waals surface area contributed by atoms with Crippen LogP contribution in [-0.4, -0.2) is 51.4 Å². The van der Waals surface area contributed by atoms with Gasteiger partial charge in [-0.3, -0.25) is 19.9 Å². The van der Waals surface area contributed by atoms with Gasteiger partial charge in [0.05, 0.1) is 11.7 Å². The zero-order valence-electron chi connectivity index (χ0n) is 17.0. The predicted octanol–water partition coefficient (Wildman–Crippen LogP) is 2.67. The first-order valence-electron chi connectivity index (χ1n) is 10.3. The number of hydrogen-bond acceptors (Lipinski definition) is 4. The van der Waals surface area contributed by atoms with Gasteiger partial charge < -0.3 is 9.80 Å². The molecule has 0 radical (unpaired) electrons. The number of rotatable bonds is 4. The SMILES string of the molecule is CC(C)C1NC2(CCN(C(=O)c3ccncc3)CC2)N(Cc2ccccc2)C1=O. The van der Waals surface area contributed by atoms with E-state index in [9.17, 15) is 9.59 Å². The molecule has 1 unspecified atom stereocenters. The van der Waals surface area contributed by atoms with Crippen LogP contribution in [0.5, 0.6) is 0 Å². The first-order valence-corrected chi connectivity index (χ1v) is 10.3. The number of hydrogen-bond donors (Lipinski definition) is 1. The Labute approximate surface area is 171 Å². The van der Waals surface area contributed by atoms with Gasteiger partial charge in [-0.1, -0.05) is 44.2 Å². The number of carbonyl (C=O) groups is 2. The molecule has 6 nitrogen and oxygen atoms in total. The zero-order chi connectivity index (χ0) is 20.4. The molecule has 152 valence electrons. The second-order valence-electron chi connectivity index (χ2n) is 8.34. The highest BCUT2D eigenvalue weighted by atomic mass is 16.2. The smallest absolute Gasteiger partial charge is 0.253 e. The summed E-state index contributed by atoms with van der Waals surface area (Å²) in [6.07, 6.45) is 4.74. The number of nitrogens with zero attached hydrogens (tertiary/aromatic N) is 3. The molecule has 2 aliphatic rings. The van der Waals surface area contributed by atoms with Crippen LogP contribution in [0.3, 0.4) is 0 Å². The van der Waals surface area contributed by atoms with Crippen molar-refractivity contribution in [1.82, 2.24) is 20.1 Å². The molecule has 2 amide bonds. The summed E-state index contributed by atoms with van der Waals surface area (Å²) in [5, 5.41) is 3.65. The second kappa shape index (κ2) is 7.95. The highest BCUT2D eigenvalue weighted by molar-refractivity contribution is 5.94. The van der Waals surface area contributed by atoms with Crippen LogP contribution in [0.25, 0.3) is 0 Å². The van der Waals surface area contributed by atoms with Crippen LogP contribution in [0.1, 0.15) is 42.6 Å². The van der Waals surface area contributed by atoms with E-state index >= 15 is 0 Å². The van der Waals surface area contributed by atoms with Crippen molar-refractivity contribution in [3.05, 3.63) is 66.0 Å². The van der Waals surface area contributed by atoms with Crippen molar-refractivity contribution in [1.29, 1.82) is 0 Å². The third-order valence-electron chi connectivity index (χ3n) is 6.13. The van der Waals surface area contributed by atoms with E-state index in [0.29, 0.717) is 25.2 Å². The fourth-order valence-electron chi connectivity index (χ4n) is 4.43. The molecule has 0 aliphatic carbocycles. The van der Waals surface area contributed by atoms with Crippen molar-refractivity contribution in [3.63, 3.8) is 0 Å². The van der Waals surface area contributed by atoms with Crippen molar-refractivity contribution >= 4 is 11.8 Å². The Bertz CT molecular complexity index is 861. The fourth-order valence-corrected chi connectivity index (χ4v) is 4.43. The number of pyridine rings is 1. The topological polar surface area (TPSA) is 65.5 Å². The van der Waals surface area contributed by atoms with Gasteiger partial charge >= 0.3 is 0 Å². The average Bonchev–Trinajstić information content (AvgIpc) is 3.02. The van der Waals surface area contributed by atoms with Crippen LogP contribution in [0.4, 0.5) is 0 Å². The van der Waals surface area contributed by atoms with Gasteiger partial charge in [0.1, 0.15) is 0 Å². The first-order chi connectivity index (χ1) is 14.0. The van der Waals surface area contributed by atoms with Gasteiger partial charge in [0, 0.05) is 50.4 Å². The van der Waals surface area contributed by atoms with Gasteiger partial charge in [-0.15, -0.1) is 0 Å². The van der Waals surface area contributed by atoms with Crippen LogP contribution in [-0.2, 0) is 11.3 Å². The number of benzene rings is 1. The Morgan fingerprint density at radius 1 is 1.14 bits per heavy atom. The molecule has 1 aromatic carbocycles. The summed E-state index contributed by atoms with van der Waals surface area (Å²) in [5.74, 6) is 0.413. The normalized spacial score (nSPS) is 21.2. The largest absolute Gasteiger partial charge is 0.338 e. The van der Waals surface area contributed by atoms with Crippen LogP contribution < -0.4 is 5.32 Å². The quantitative estimate of drug-likeness (QED) is 0.869. The van der Waals surface area contributed by atoms with Crippen molar-refractivity contribution < 1.29 is 9.59 Å². The second-order valence-corrected chi connectivity index (χ2v) is 8.34. The van der Waals surface area contributed by atoms with Crippen LogP contribution in [0, 0.1) is 5.92 Å². The van der Waals surface area contributed by atoms with E-state index in [1.807, 2.05) is 28.0 Å². The van der Waals surface area contributed by atoms with Crippen molar-refractivity contribution in [2.45, 2.75) is 44.9 Å². The summed E-state index contributed by atoms with van der Waals surface area (Å²) in [6.45, 7) is 6.00. The molecule has 1 N–H and O–H groups in total. The van der Waals surface area contributed by atoms with Gasteiger partial charge in [0.15, 0.2) is 0 Å². The maximum absolute atomic E-state index is 13.2. The molecule has 2 aliphatic heterocycles. The summed E-state index contributed by atoms with van der Waals surface area (Å²) in [6, 6.07) is 13.4. The number of amides is 2. The fraction of sp³-hybridized carbons (Fsp3) is 0.435. The lowest BCUT2D eigenvalue weighted by Gasteiger charge is -2.44. The van der Waals surface area contributed by atoms with Crippen molar-refractivity contribution in [2.24, 2.45) is 5.92 Å². The van der Waals surface area contributed by atoms with E-state index in [-0.39, 0.29) is 23.8 Å². The lowest BCUT2D eigenvalue weighted by atomic mass is 9.94. The minimum atomic E-state index is -0.392. The Morgan fingerprint density at radius 3 is 2.41 bits per heavy atom. The van der Waals surface area contributed by atoms with Crippen LogP contribution in [0.2, 0.25) is 0 Å². The van der Waals surface area contributed by atoms with Gasteiger partial charge in [0.2, 0.25) is 5.91 Å². The van der Waals surface area contributed by atoms with Gasteiger partial charge in [0.25, 0.3) is 5.91 Å². The number of nitrogens with one attached hydrogen (secondary N) is 1. The van der Waals surface area contributed by atoms with E-state index in [1.165, 1.54) is 0 Å². The maximum atomic E-state index is 13.2. The van der Waals surface area contributed by atoms with E-state index in [2.05, 4.69) is 36.3 Å². The lowest BCUT2D eigenvalue weighted by Crippen LogP contribution is -2.59. The van der Waals surface area contributed by atoms with E-state index in [0.717, 1.165) is 18.4 Å². The Hall–Kier alpha value is -2.73. The molecular weight excluding hydrogens is 364 g/mol. The van der Waals surface area contributed by atoms with E-state index in [1.54, 1.807) is 24.5 Å². The molecule has 2 saturated heterocycles. The third-order valence-corrected chi connectivity index (χ3v) is 6.13. The average molecular weight is 393 g/mol. The highest BCUT2D eigenvalue weighted by Gasteiger charge is 2.52.